The lowest BCUT2D eigenvalue weighted by molar-refractivity contribution is -0.384. The first-order chi connectivity index (χ1) is 10.1. The molecular formula is C15H14BrN3O2. The van der Waals surface area contributed by atoms with Crippen LogP contribution in [-0.4, -0.2) is 15.9 Å². The Morgan fingerprint density at radius 2 is 2.05 bits per heavy atom. The van der Waals surface area contributed by atoms with Crippen LogP contribution in [0.2, 0.25) is 0 Å². The second kappa shape index (κ2) is 5.81. The Hall–Kier alpha value is -1.95. The number of halogens is 1. The maximum Gasteiger partial charge on any atom is 0.311 e. The summed E-state index contributed by atoms with van der Waals surface area (Å²) in [5, 5.41) is 14.4. The number of nitrogens with one attached hydrogen (secondary N) is 1. The lowest BCUT2D eigenvalue weighted by Gasteiger charge is -2.26. The fraction of sp³-hybridized carbons (Fsp3) is 0.267. The monoisotopic (exact) mass is 347 g/mol. The minimum atomic E-state index is -0.406. The summed E-state index contributed by atoms with van der Waals surface area (Å²) in [5.74, 6) is 0. The van der Waals surface area contributed by atoms with Crippen LogP contribution < -0.4 is 5.32 Å². The average Bonchev–Trinajstić information content (AvgIpc) is 2.49. The van der Waals surface area contributed by atoms with Gasteiger partial charge >= 0.3 is 5.69 Å². The lowest BCUT2D eigenvalue weighted by Crippen LogP contribution is -2.27. The molecule has 1 N–H and O–H groups in total. The number of anilines is 1. The van der Waals surface area contributed by atoms with Gasteiger partial charge in [0.15, 0.2) is 0 Å². The minimum absolute atomic E-state index is 0.00299. The molecule has 108 valence electrons. The second-order valence-electron chi connectivity index (χ2n) is 5.13. The smallest absolute Gasteiger partial charge is 0.311 e. The molecular weight excluding hydrogens is 334 g/mol. The van der Waals surface area contributed by atoms with E-state index < -0.39 is 4.92 Å². The average molecular weight is 348 g/mol. The van der Waals surface area contributed by atoms with Gasteiger partial charge in [-0.2, -0.15) is 0 Å². The summed E-state index contributed by atoms with van der Waals surface area (Å²) in [6.45, 7) is 0. The number of hydrogen-bond donors (Lipinski definition) is 1. The Balaban J connectivity index is 1.84. The highest BCUT2D eigenvalue weighted by Crippen LogP contribution is 2.33. The van der Waals surface area contributed by atoms with Gasteiger partial charge in [0.1, 0.15) is 11.9 Å². The third-order valence-corrected chi connectivity index (χ3v) is 4.37. The fourth-order valence-electron chi connectivity index (χ4n) is 2.73. The Labute approximate surface area is 130 Å². The first-order valence-electron chi connectivity index (χ1n) is 6.76. The van der Waals surface area contributed by atoms with E-state index in [1.54, 1.807) is 6.20 Å². The molecule has 6 heteroatoms. The fourth-order valence-corrected chi connectivity index (χ4v) is 3.17. The summed E-state index contributed by atoms with van der Waals surface area (Å²) < 4.78 is 0.621. The van der Waals surface area contributed by atoms with Crippen LogP contribution in [0.4, 0.5) is 11.4 Å². The van der Waals surface area contributed by atoms with Crippen molar-refractivity contribution in [3.8, 4) is 0 Å². The van der Waals surface area contributed by atoms with E-state index in [-0.39, 0.29) is 11.7 Å². The molecule has 0 bridgehead atoms. The van der Waals surface area contributed by atoms with E-state index in [0.29, 0.717) is 10.2 Å². The van der Waals surface area contributed by atoms with E-state index in [2.05, 4.69) is 44.4 Å². The molecule has 1 unspecified atom stereocenters. The third-order valence-electron chi connectivity index (χ3n) is 3.77. The van der Waals surface area contributed by atoms with Crippen molar-refractivity contribution < 1.29 is 4.92 Å². The van der Waals surface area contributed by atoms with Crippen molar-refractivity contribution in [3.05, 3.63) is 62.4 Å². The number of benzene rings is 1. The summed E-state index contributed by atoms with van der Waals surface area (Å²) in [6.07, 6.45) is 5.69. The first kappa shape index (κ1) is 14.0. The van der Waals surface area contributed by atoms with Gasteiger partial charge in [-0.1, -0.05) is 24.3 Å². The highest BCUT2D eigenvalue weighted by Gasteiger charge is 2.23. The van der Waals surface area contributed by atoms with E-state index >= 15 is 0 Å². The van der Waals surface area contributed by atoms with Crippen LogP contribution in [0.25, 0.3) is 0 Å². The Kier molecular flexibility index (Phi) is 3.88. The second-order valence-corrected chi connectivity index (χ2v) is 5.98. The predicted molar refractivity (Wildman–Crippen MR) is 84.5 cm³/mol. The molecule has 1 aliphatic rings. The van der Waals surface area contributed by atoms with Crippen molar-refractivity contribution >= 4 is 27.3 Å². The van der Waals surface area contributed by atoms with Gasteiger partial charge in [0.25, 0.3) is 0 Å². The number of nitrogens with zero attached hydrogens (tertiary/aromatic N) is 2. The standard InChI is InChI=1S/C15H14BrN3O2/c16-13-8-17-9-14(19(20)21)15(13)18-12-6-5-10-3-1-2-4-11(10)7-12/h1-4,8-9,12H,5-7H2,(H,17,18). The Morgan fingerprint density at radius 3 is 2.81 bits per heavy atom. The molecule has 0 saturated heterocycles. The van der Waals surface area contributed by atoms with Crippen molar-refractivity contribution in [1.29, 1.82) is 0 Å². The maximum absolute atomic E-state index is 11.1. The normalized spacial score (nSPS) is 17.1. The molecule has 1 heterocycles. The predicted octanol–water partition coefficient (Wildman–Crippen LogP) is 3.72. The van der Waals surface area contributed by atoms with E-state index in [1.165, 1.54) is 17.3 Å². The van der Waals surface area contributed by atoms with Crippen molar-refractivity contribution in [3.63, 3.8) is 0 Å². The van der Waals surface area contributed by atoms with Crippen LogP contribution >= 0.6 is 15.9 Å². The van der Waals surface area contributed by atoms with Crippen LogP contribution in [0.1, 0.15) is 17.5 Å². The zero-order valence-corrected chi connectivity index (χ0v) is 12.8. The molecule has 21 heavy (non-hydrogen) atoms. The molecule has 1 atom stereocenters. The summed E-state index contributed by atoms with van der Waals surface area (Å²) in [7, 11) is 0. The number of fused-ring (bicyclic) bond motifs is 1. The summed E-state index contributed by atoms with van der Waals surface area (Å²) in [4.78, 5) is 14.6. The van der Waals surface area contributed by atoms with Crippen LogP contribution in [0, 0.1) is 10.1 Å². The highest BCUT2D eigenvalue weighted by atomic mass is 79.9. The molecule has 3 rings (SSSR count). The lowest BCUT2D eigenvalue weighted by atomic mass is 9.88. The molecule has 5 nitrogen and oxygen atoms in total. The van der Waals surface area contributed by atoms with Crippen molar-refractivity contribution in [2.24, 2.45) is 0 Å². The van der Waals surface area contributed by atoms with Crippen LogP contribution in [0.5, 0.6) is 0 Å². The van der Waals surface area contributed by atoms with Gasteiger partial charge in [-0.15, -0.1) is 0 Å². The zero-order valence-electron chi connectivity index (χ0n) is 11.3. The number of hydrogen-bond acceptors (Lipinski definition) is 4. The molecule has 0 amide bonds. The number of pyridine rings is 1. The number of aromatic nitrogens is 1. The van der Waals surface area contributed by atoms with Crippen molar-refractivity contribution in [2.75, 3.05) is 5.32 Å². The molecule has 0 fully saturated rings. The highest BCUT2D eigenvalue weighted by molar-refractivity contribution is 9.10. The largest absolute Gasteiger partial charge is 0.375 e. The quantitative estimate of drug-likeness (QED) is 0.678. The van der Waals surface area contributed by atoms with Crippen LogP contribution in [0.15, 0.2) is 41.1 Å². The van der Waals surface area contributed by atoms with Crippen LogP contribution in [-0.2, 0) is 12.8 Å². The summed E-state index contributed by atoms with van der Waals surface area (Å²) >= 11 is 3.34. The van der Waals surface area contributed by atoms with E-state index in [1.807, 2.05) is 6.07 Å². The molecule has 0 saturated carbocycles. The summed E-state index contributed by atoms with van der Waals surface area (Å²) in [6, 6.07) is 8.55. The van der Waals surface area contributed by atoms with Gasteiger partial charge < -0.3 is 5.32 Å². The number of rotatable bonds is 3. The molecule has 0 aliphatic heterocycles. The maximum atomic E-state index is 11.1. The number of aryl methyl sites for hydroxylation is 1. The van der Waals surface area contributed by atoms with Gasteiger partial charge in [0, 0.05) is 12.2 Å². The SMILES string of the molecule is O=[N+]([O-])c1cncc(Br)c1NC1CCc2ccccc2C1. The van der Waals surface area contributed by atoms with Gasteiger partial charge in [-0.05, 0) is 46.3 Å². The Morgan fingerprint density at radius 1 is 1.29 bits per heavy atom. The number of nitro groups is 1. The molecule has 0 radical (unpaired) electrons. The Bertz CT molecular complexity index is 690. The van der Waals surface area contributed by atoms with Crippen LogP contribution in [0.3, 0.4) is 0 Å². The minimum Gasteiger partial charge on any atom is -0.375 e. The molecule has 1 aromatic heterocycles. The molecule has 0 spiro atoms. The van der Waals surface area contributed by atoms with Crippen molar-refractivity contribution in [2.45, 2.75) is 25.3 Å². The molecule has 1 aliphatic carbocycles. The molecule has 1 aromatic carbocycles. The van der Waals surface area contributed by atoms with E-state index in [9.17, 15) is 10.1 Å². The first-order valence-corrected chi connectivity index (χ1v) is 7.55. The van der Waals surface area contributed by atoms with Gasteiger partial charge in [-0.25, -0.2) is 0 Å². The van der Waals surface area contributed by atoms with Gasteiger partial charge in [0.2, 0.25) is 0 Å². The zero-order chi connectivity index (χ0) is 14.8. The van der Waals surface area contributed by atoms with E-state index in [0.717, 1.165) is 19.3 Å². The van der Waals surface area contributed by atoms with E-state index in [4.69, 9.17) is 0 Å². The van der Waals surface area contributed by atoms with Crippen molar-refractivity contribution in [1.82, 2.24) is 4.98 Å². The summed E-state index contributed by atoms with van der Waals surface area (Å²) in [5.41, 5.74) is 3.20. The van der Waals surface area contributed by atoms with Gasteiger partial charge in [0.05, 0.1) is 9.40 Å². The van der Waals surface area contributed by atoms with Gasteiger partial charge in [-0.3, -0.25) is 15.1 Å². The molecule has 2 aromatic rings. The topological polar surface area (TPSA) is 68.1 Å². The third kappa shape index (κ3) is 2.90.